The number of carbonyl (C=O) groups excluding carboxylic acids is 1. The Morgan fingerprint density at radius 2 is 1.18 bits per heavy atom. The van der Waals surface area contributed by atoms with Crippen molar-refractivity contribution in [1.82, 2.24) is 0 Å². The highest BCUT2D eigenvalue weighted by molar-refractivity contribution is 6.33. The number of carbonyl (C=O) groups is 1. The van der Waals surface area contributed by atoms with Crippen LogP contribution in [0.5, 0.6) is 11.5 Å². The minimum absolute atomic E-state index is 0.121. The van der Waals surface area contributed by atoms with Crippen molar-refractivity contribution < 1.29 is 28.9 Å². The van der Waals surface area contributed by atoms with Crippen molar-refractivity contribution in [1.29, 1.82) is 0 Å². The molecule has 2 aromatic carbocycles. The number of benzene rings is 2. The van der Waals surface area contributed by atoms with Crippen LogP contribution in [-0.4, -0.2) is 47.3 Å². The quantitative estimate of drug-likeness (QED) is 0.267. The fourth-order valence-corrected chi connectivity index (χ4v) is 5.39. The van der Waals surface area contributed by atoms with Gasteiger partial charge in [-0.2, -0.15) is 0 Å². The number of aliphatic hydroxyl groups is 1. The molecule has 0 radical (unpaired) electrons. The van der Waals surface area contributed by atoms with Gasteiger partial charge in [0.2, 0.25) is 0 Å². The molecule has 5 rings (SSSR count). The first-order valence-corrected chi connectivity index (χ1v) is 13.2. The molecule has 1 aliphatic rings. The van der Waals surface area contributed by atoms with Gasteiger partial charge in [0.05, 0.1) is 21.9 Å². The third-order valence-electron chi connectivity index (χ3n) is 7.60. The molecule has 10 heteroatoms. The molecule has 1 atom stereocenters. The molecule has 0 bridgehead atoms. The second-order valence-electron chi connectivity index (χ2n) is 9.53. The molecule has 2 aromatic heterocycles. The Morgan fingerprint density at radius 1 is 0.700 bits per heavy atom. The highest BCUT2D eigenvalue weighted by Crippen LogP contribution is 2.47. The zero-order valence-corrected chi connectivity index (χ0v) is 22.6. The lowest BCUT2D eigenvalue weighted by atomic mass is 9.75. The van der Waals surface area contributed by atoms with Gasteiger partial charge < -0.3 is 34.0 Å². The first-order chi connectivity index (χ1) is 19.2. The van der Waals surface area contributed by atoms with E-state index < -0.39 is 56.9 Å². The van der Waals surface area contributed by atoms with Crippen molar-refractivity contribution >= 4 is 44.7 Å². The molecule has 0 saturated heterocycles. The fourth-order valence-electron chi connectivity index (χ4n) is 5.39. The van der Waals surface area contributed by atoms with Crippen LogP contribution in [0, 0.1) is 0 Å². The molecule has 0 saturated carbocycles. The van der Waals surface area contributed by atoms with E-state index in [-0.39, 0.29) is 21.9 Å². The van der Waals surface area contributed by atoms with Crippen molar-refractivity contribution in [3.63, 3.8) is 0 Å². The smallest absolute Gasteiger partial charge is 0.348 e. The highest BCUT2D eigenvalue weighted by atomic mass is 16.4. The number of aliphatic hydroxyl groups excluding tert-OH is 1. The van der Waals surface area contributed by atoms with Crippen LogP contribution in [0.25, 0.3) is 27.5 Å². The molecule has 0 aliphatic heterocycles. The maximum atomic E-state index is 13.3. The summed E-state index contributed by atoms with van der Waals surface area (Å²) in [5, 5.41) is 33.2. The maximum Gasteiger partial charge on any atom is 0.348 e. The minimum atomic E-state index is -1.56. The first kappa shape index (κ1) is 26.9. The van der Waals surface area contributed by atoms with Gasteiger partial charge in [0.15, 0.2) is 5.78 Å². The number of fused-ring (bicyclic) bond motifs is 2. The molecule has 40 heavy (non-hydrogen) atoms. The van der Waals surface area contributed by atoms with Crippen LogP contribution in [0.4, 0.5) is 11.4 Å². The number of ketones is 1. The average Bonchev–Trinajstić information content (AvgIpc) is 2.94. The summed E-state index contributed by atoms with van der Waals surface area (Å²) in [5.74, 6) is -4.06. The van der Waals surface area contributed by atoms with Crippen LogP contribution in [0.3, 0.4) is 0 Å². The minimum Gasteiger partial charge on any atom is -0.510 e. The summed E-state index contributed by atoms with van der Waals surface area (Å²) >= 11 is 0. The Bertz CT molecular complexity index is 1810. The van der Waals surface area contributed by atoms with Gasteiger partial charge in [0.1, 0.15) is 39.9 Å². The maximum absolute atomic E-state index is 13.3. The van der Waals surface area contributed by atoms with Crippen molar-refractivity contribution in [2.24, 2.45) is 0 Å². The third-order valence-corrected chi connectivity index (χ3v) is 7.60. The summed E-state index contributed by atoms with van der Waals surface area (Å²) in [5.41, 5.74) is -1.60. The SMILES string of the molecule is CCN(CC)c1ccc2c(O)c(C3=C(O)C(c4c(O)c5ccc(N(CC)CC)cc5oc4=O)C3=O)c(=O)oc2c1. The van der Waals surface area contributed by atoms with Gasteiger partial charge in [0.25, 0.3) is 0 Å². The second kappa shape index (κ2) is 10.1. The number of aromatic hydroxyl groups is 2. The highest BCUT2D eigenvalue weighted by Gasteiger charge is 2.47. The molecule has 3 N–H and O–H groups in total. The molecule has 2 heterocycles. The van der Waals surface area contributed by atoms with Gasteiger partial charge in [-0.15, -0.1) is 0 Å². The third kappa shape index (κ3) is 3.98. The van der Waals surface area contributed by atoms with E-state index in [9.17, 15) is 29.7 Å². The van der Waals surface area contributed by atoms with Gasteiger partial charge in [-0.1, -0.05) is 0 Å². The molecule has 208 valence electrons. The van der Waals surface area contributed by atoms with Crippen LogP contribution < -0.4 is 21.1 Å². The van der Waals surface area contributed by atoms with Crippen LogP contribution in [0.15, 0.2) is 60.6 Å². The summed E-state index contributed by atoms with van der Waals surface area (Å²) in [6.07, 6.45) is 0. The normalized spacial score (nSPS) is 15.1. The summed E-state index contributed by atoms with van der Waals surface area (Å²) in [6, 6.07) is 9.90. The number of nitrogens with zero attached hydrogens (tertiary/aromatic N) is 2. The van der Waals surface area contributed by atoms with Crippen LogP contribution in [-0.2, 0) is 4.79 Å². The van der Waals surface area contributed by atoms with Crippen molar-refractivity contribution in [3.8, 4) is 11.5 Å². The number of anilines is 2. The van der Waals surface area contributed by atoms with Crippen LogP contribution in [0.1, 0.15) is 44.7 Å². The molecule has 0 fully saturated rings. The molecular formula is C30H30N2O8. The van der Waals surface area contributed by atoms with E-state index in [2.05, 4.69) is 0 Å². The summed E-state index contributed by atoms with van der Waals surface area (Å²) < 4.78 is 10.9. The number of hydrogen-bond acceptors (Lipinski definition) is 10. The van der Waals surface area contributed by atoms with Crippen molar-refractivity contribution in [2.45, 2.75) is 33.6 Å². The monoisotopic (exact) mass is 546 g/mol. The second-order valence-corrected chi connectivity index (χ2v) is 9.53. The molecule has 4 aromatic rings. The zero-order valence-electron chi connectivity index (χ0n) is 22.6. The summed E-state index contributed by atoms with van der Waals surface area (Å²) in [7, 11) is 0. The lowest BCUT2D eigenvalue weighted by Gasteiger charge is -2.28. The van der Waals surface area contributed by atoms with E-state index in [0.29, 0.717) is 0 Å². The summed E-state index contributed by atoms with van der Waals surface area (Å²) in [6.45, 7) is 10.8. The Kier molecular flexibility index (Phi) is 6.79. The predicted molar refractivity (Wildman–Crippen MR) is 153 cm³/mol. The lowest BCUT2D eigenvalue weighted by molar-refractivity contribution is -0.116. The van der Waals surface area contributed by atoms with E-state index in [1.165, 1.54) is 0 Å². The van der Waals surface area contributed by atoms with Gasteiger partial charge in [0, 0.05) is 49.7 Å². The van der Waals surface area contributed by atoms with Gasteiger partial charge in [-0.3, -0.25) is 4.79 Å². The predicted octanol–water partition coefficient (Wildman–Crippen LogP) is 4.64. The number of allylic oxidation sites excluding steroid dienone is 2. The van der Waals surface area contributed by atoms with E-state index >= 15 is 0 Å². The number of rotatable bonds is 8. The van der Waals surface area contributed by atoms with Crippen molar-refractivity contribution in [2.75, 3.05) is 36.0 Å². The van der Waals surface area contributed by atoms with E-state index in [0.717, 1.165) is 37.6 Å². The van der Waals surface area contributed by atoms with Gasteiger partial charge >= 0.3 is 11.3 Å². The van der Waals surface area contributed by atoms with Gasteiger partial charge in [-0.05, 0) is 52.0 Å². The molecule has 10 nitrogen and oxygen atoms in total. The zero-order chi connectivity index (χ0) is 28.9. The van der Waals surface area contributed by atoms with Crippen LogP contribution >= 0.6 is 0 Å². The topological polar surface area (TPSA) is 145 Å². The molecule has 1 unspecified atom stereocenters. The Balaban J connectivity index is 1.60. The molecule has 0 spiro atoms. The van der Waals surface area contributed by atoms with Crippen LogP contribution in [0.2, 0.25) is 0 Å². The summed E-state index contributed by atoms with van der Waals surface area (Å²) in [4.78, 5) is 43.2. The Hall–Kier alpha value is -4.73. The van der Waals surface area contributed by atoms with E-state index in [4.69, 9.17) is 8.83 Å². The number of hydrogen-bond donors (Lipinski definition) is 3. The van der Waals surface area contributed by atoms with Crippen molar-refractivity contribution in [3.05, 3.63) is 74.1 Å². The average molecular weight is 547 g/mol. The largest absolute Gasteiger partial charge is 0.510 e. The molecule has 1 aliphatic carbocycles. The molecule has 0 amide bonds. The van der Waals surface area contributed by atoms with E-state index in [1.54, 1.807) is 36.4 Å². The Morgan fingerprint density at radius 3 is 1.65 bits per heavy atom. The first-order valence-electron chi connectivity index (χ1n) is 13.2. The Labute approximate surface area is 229 Å². The standard InChI is InChI=1S/C30H30N2O8/c1-5-31(6-2)15-9-11-17-19(13-15)39-29(37)23(25(17)33)21-27(35)22(28(21)36)24-26(34)18-12-10-16(32(7-3)8-4)14-20(18)40-30(24)38/h9-14,21,33-35H,5-8H2,1-4H3. The number of Topliss-reactive ketones (excluding diaryl/α,β-unsaturated/α-hetero) is 1. The van der Waals surface area contributed by atoms with E-state index in [1.807, 2.05) is 37.5 Å². The van der Waals surface area contributed by atoms with Gasteiger partial charge in [-0.25, -0.2) is 9.59 Å². The molecular weight excluding hydrogens is 516 g/mol. The lowest BCUT2D eigenvalue weighted by Crippen LogP contribution is -2.34. The fraction of sp³-hybridized carbons (Fsp3) is 0.300.